The lowest BCUT2D eigenvalue weighted by Crippen LogP contribution is -2.50. The normalized spacial score (nSPS) is 21.8. The zero-order valence-corrected chi connectivity index (χ0v) is 18.7. The average Bonchev–Trinajstić information content (AvgIpc) is 3.22. The van der Waals surface area contributed by atoms with E-state index in [1.165, 1.54) is 0 Å². The minimum Gasteiger partial charge on any atom is -0.376 e. The van der Waals surface area contributed by atoms with Gasteiger partial charge in [0.2, 0.25) is 0 Å². The number of benzene rings is 1. The van der Waals surface area contributed by atoms with Crippen LogP contribution in [0.4, 0.5) is 0 Å². The minimum atomic E-state index is -0.0481. The first-order valence-electron chi connectivity index (χ1n) is 10.6. The number of guanidine groups is 1. The fraction of sp³-hybridized carbons (Fsp3) is 0.636. The monoisotopic (exact) mass is 418 g/mol. The van der Waals surface area contributed by atoms with E-state index in [2.05, 4.69) is 36.3 Å². The molecule has 0 aromatic heterocycles. The molecule has 1 atom stereocenters. The summed E-state index contributed by atoms with van der Waals surface area (Å²) in [5.74, 6) is 2.01. The van der Waals surface area contributed by atoms with Gasteiger partial charge in [-0.15, -0.1) is 0 Å². The van der Waals surface area contributed by atoms with Gasteiger partial charge in [0.05, 0.1) is 12.6 Å². The SMILES string of the molecule is CCNC(=NCc1cccc(C(=O)NCC2CCCO2)c1)N1CCSC(C)(C)C1. The predicted octanol–water partition coefficient (Wildman–Crippen LogP) is 2.89. The molecule has 0 radical (unpaired) electrons. The van der Waals surface area contributed by atoms with Crippen molar-refractivity contribution >= 4 is 23.6 Å². The first-order valence-corrected chi connectivity index (χ1v) is 11.6. The number of carbonyl (C=O) groups excluding carboxylic acids is 1. The molecular weight excluding hydrogens is 384 g/mol. The molecule has 2 fully saturated rings. The molecule has 1 aromatic rings. The molecule has 2 saturated heterocycles. The zero-order chi connectivity index (χ0) is 20.7. The second-order valence-corrected chi connectivity index (χ2v) is 10.0. The summed E-state index contributed by atoms with van der Waals surface area (Å²) in [6.45, 7) is 11.4. The lowest BCUT2D eigenvalue weighted by molar-refractivity contribution is 0.0857. The number of ether oxygens (including phenoxy) is 1. The number of nitrogens with zero attached hydrogens (tertiary/aromatic N) is 2. The van der Waals surface area contributed by atoms with Gasteiger partial charge in [0, 0.05) is 48.8 Å². The van der Waals surface area contributed by atoms with Gasteiger partial charge < -0.3 is 20.3 Å². The van der Waals surface area contributed by atoms with Gasteiger partial charge in [0.1, 0.15) is 0 Å². The Bertz CT molecular complexity index is 717. The van der Waals surface area contributed by atoms with E-state index in [1.807, 2.05) is 36.0 Å². The van der Waals surface area contributed by atoms with E-state index in [0.29, 0.717) is 18.7 Å². The Morgan fingerprint density at radius 3 is 2.97 bits per heavy atom. The summed E-state index contributed by atoms with van der Waals surface area (Å²) < 4.78 is 5.81. The maximum absolute atomic E-state index is 12.5. The first kappa shape index (κ1) is 22.0. The predicted molar refractivity (Wildman–Crippen MR) is 121 cm³/mol. The largest absolute Gasteiger partial charge is 0.376 e. The third-order valence-corrected chi connectivity index (χ3v) is 6.47. The van der Waals surface area contributed by atoms with Gasteiger partial charge in [-0.25, -0.2) is 4.99 Å². The van der Waals surface area contributed by atoms with Crippen LogP contribution in [-0.2, 0) is 11.3 Å². The summed E-state index contributed by atoms with van der Waals surface area (Å²) >= 11 is 2.02. The van der Waals surface area contributed by atoms with Crippen molar-refractivity contribution in [1.29, 1.82) is 0 Å². The summed E-state index contributed by atoms with van der Waals surface area (Å²) in [6, 6.07) is 7.75. The molecular formula is C22H34N4O2S. The summed E-state index contributed by atoms with van der Waals surface area (Å²) in [6.07, 6.45) is 2.25. The minimum absolute atomic E-state index is 0.0481. The second-order valence-electron chi connectivity index (χ2n) is 8.25. The number of hydrogen-bond acceptors (Lipinski definition) is 4. The summed E-state index contributed by atoms with van der Waals surface area (Å²) in [7, 11) is 0. The molecule has 3 rings (SSSR count). The summed E-state index contributed by atoms with van der Waals surface area (Å²) in [4.78, 5) is 19.7. The maximum atomic E-state index is 12.5. The van der Waals surface area contributed by atoms with Crippen molar-refractivity contribution in [3.63, 3.8) is 0 Å². The molecule has 2 aliphatic rings. The average molecular weight is 419 g/mol. The topological polar surface area (TPSA) is 66.0 Å². The van der Waals surface area contributed by atoms with Crippen LogP contribution in [0, 0.1) is 0 Å². The Balaban J connectivity index is 1.61. The molecule has 2 aliphatic heterocycles. The van der Waals surface area contributed by atoms with Crippen molar-refractivity contribution in [2.45, 2.75) is 51.0 Å². The Morgan fingerprint density at radius 2 is 2.24 bits per heavy atom. The molecule has 6 nitrogen and oxygen atoms in total. The van der Waals surface area contributed by atoms with E-state index in [0.717, 1.165) is 56.4 Å². The van der Waals surface area contributed by atoms with Crippen LogP contribution in [0.3, 0.4) is 0 Å². The van der Waals surface area contributed by atoms with Crippen LogP contribution in [-0.4, -0.2) is 66.2 Å². The highest BCUT2D eigenvalue weighted by atomic mass is 32.2. The van der Waals surface area contributed by atoms with Gasteiger partial charge in [-0.2, -0.15) is 11.8 Å². The van der Waals surface area contributed by atoms with Crippen LogP contribution in [0.1, 0.15) is 49.5 Å². The van der Waals surface area contributed by atoms with E-state index < -0.39 is 0 Å². The Morgan fingerprint density at radius 1 is 1.38 bits per heavy atom. The fourth-order valence-corrected chi connectivity index (χ4v) is 4.83. The van der Waals surface area contributed by atoms with Gasteiger partial charge >= 0.3 is 0 Å². The number of rotatable bonds is 6. The van der Waals surface area contributed by atoms with E-state index in [9.17, 15) is 4.79 Å². The summed E-state index contributed by atoms with van der Waals surface area (Å²) in [5, 5.41) is 6.41. The summed E-state index contributed by atoms with van der Waals surface area (Å²) in [5.41, 5.74) is 1.71. The molecule has 1 amide bonds. The van der Waals surface area contributed by atoms with Gasteiger partial charge in [-0.05, 0) is 51.3 Å². The van der Waals surface area contributed by atoms with Crippen molar-refractivity contribution in [2.75, 3.05) is 38.5 Å². The fourth-order valence-electron chi connectivity index (χ4n) is 3.71. The zero-order valence-electron chi connectivity index (χ0n) is 17.9. The van der Waals surface area contributed by atoms with Gasteiger partial charge in [-0.3, -0.25) is 4.79 Å². The molecule has 0 bridgehead atoms. The van der Waals surface area contributed by atoms with Crippen LogP contribution in [0.2, 0.25) is 0 Å². The van der Waals surface area contributed by atoms with Crippen LogP contribution in [0.5, 0.6) is 0 Å². The Kier molecular flexibility index (Phi) is 7.84. The van der Waals surface area contributed by atoms with Crippen molar-refractivity contribution < 1.29 is 9.53 Å². The maximum Gasteiger partial charge on any atom is 0.251 e. The molecule has 7 heteroatoms. The van der Waals surface area contributed by atoms with E-state index in [1.54, 1.807) is 0 Å². The Hall–Kier alpha value is -1.73. The highest BCUT2D eigenvalue weighted by Gasteiger charge is 2.28. The van der Waals surface area contributed by atoms with E-state index >= 15 is 0 Å². The number of thioether (sulfide) groups is 1. The lowest BCUT2D eigenvalue weighted by atomic mass is 10.1. The molecule has 0 saturated carbocycles. The highest BCUT2D eigenvalue weighted by Crippen LogP contribution is 2.29. The van der Waals surface area contributed by atoms with Gasteiger partial charge in [-0.1, -0.05) is 12.1 Å². The smallest absolute Gasteiger partial charge is 0.251 e. The third-order valence-electron chi connectivity index (χ3n) is 5.17. The Labute approximate surface area is 178 Å². The number of hydrogen-bond donors (Lipinski definition) is 2. The van der Waals surface area contributed by atoms with Crippen molar-refractivity contribution in [3.8, 4) is 0 Å². The standard InChI is InChI=1S/C22H34N4O2S/c1-4-23-21(26-10-12-29-22(2,3)16-26)25-14-17-7-5-8-18(13-17)20(27)24-15-19-9-6-11-28-19/h5,7-8,13,19H,4,6,9-12,14-16H2,1-3H3,(H,23,25)(H,24,27). The molecule has 2 heterocycles. The van der Waals surface area contributed by atoms with Crippen molar-refractivity contribution in [2.24, 2.45) is 4.99 Å². The quantitative estimate of drug-likeness (QED) is 0.549. The number of aliphatic imine (C=N–C) groups is 1. The van der Waals surface area contributed by atoms with E-state index in [-0.39, 0.29) is 16.8 Å². The van der Waals surface area contributed by atoms with Crippen LogP contribution < -0.4 is 10.6 Å². The van der Waals surface area contributed by atoms with E-state index in [4.69, 9.17) is 9.73 Å². The number of nitrogens with one attached hydrogen (secondary N) is 2. The molecule has 160 valence electrons. The molecule has 0 aliphatic carbocycles. The molecule has 0 spiro atoms. The highest BCUT2D eigenvalue weighted by molar-refractivity contribution is 8.00. The van der Waals surface area contributed by atoms with Gasteiger partial charge in [0.25, 0.3) is 5.91 Å². The molecule has 2 N–H and O–H groups in total. The number of amides is 1. The lowest BCUT2D eigenvalue weighted by Gasteiger charge is -2.39. The molecule has 1 unspecified atom stereocenters. The van der Waals surface area contributed by atoms with Crippen LogP contribution in [0.25, 0.3) is 0 Å². The second kappa shape index (κ2) is 10.3. The molecule has 29 heavy (non-hydrogen) atoms. The van der Waals surface area contributed by atoms with Crippen molar-refractivity contribution in [3.05, 3.63) is 35.4 Å². The third kappa shape index (κ3) is 6.64. The molecule has 1 aromatic carbocycles. The first-order chi connectivity index (χ1) is 14.0. The van der Waals surface area contributed by atoms with Crippen molar-refractivity contribution in [1.82, 2.24) is 15.5 Å². The van der Waals surface area contributed by atoms with Crippen LogP contribution >= 0.6 is 11.8 Å². The van der Waals surface area contributed by atoms with Gasteiger partial charge in [0.15, 0.2) is 5.96 Å². The van der Waals surface area contributed by atoms with Crippen LogP contribution in [0.15, 0.2) is 29.3 Å². The number of carbonyl (C=O) groups is 1.